The van der Waals surface area contributed by atoms with E-state index in [2.05, 4.69) is 0 Å². The van der Waals surface area contributed by atoms with E-state index in [1.54, 1.807) is 11.9 Å². The lowest BCUT2D eigenvalue weighted by molar-refractivity contribution is -0.121. The second kappa shape index (κ2) is 7.16. The third-order valence-corrected chi connectivity index (χ3v) is 9.42. The number of fused-ring (bicyclic) bond motifs is 1. The van der Waals surface area contributed by atoms with E-state index in [1.807, 2.05) is 86.6 Å². The molecule has 4 rings (SSSR count). The van der Waals surface area contributed by atoms with Gasteiger partial charge in [0.1, 0.15) is 7.14 Å². The van der Waals surface area contributed by atoms with Gasteiger partial charge in [-0.3, -0.25) is 4.79 Å². The van der Waals surface area contributed by atoms with E-state index in [-0.39, 0.29) is 12.1 Å². The van der Waals surface area contributed by atoms with Crippen LogP contribution in [0.5, 0.6) is 0 Å². The summed E-state index contributed by atoms with van der Waals surface area (Å²) in [6, 6.07) is 22.7. The predicted molar refractivity (Wildman–Crippen MR) is 122 cm³/mol. The first-order valence-corrected chi connectivity index (χ1v) is 11.8. The Hall–Kier alpha value is -2.35. The quantitative estimate of drug-likeness (QED) is 0.560. The molecular weight excluding hydrogens is 401 g/mol. The fourth-order valence-electron chi connectivity index (χ4n) is 4.46. The Kier molecular flexibility index (Phi) is 4.93. The summed E-state index contributed by atoms with van der Waals surface area (Å²) < 4.78 is 14.6. The number of carbonyl (C=O) groups is 1. The molecule has 1 aliphatic heterocycles. The Morgan fingerprint density at radius 2 is 1.48 bits per heavy atom. The van der Waals surface area contributed by atoms with Crippen LogP contribution in [0.25, 0.3) is 0 Å². The number of hydrogen-bond acceptors (Lipinski definition) is 2. The molecule has 29 heavy (non-hydrogen) atoms. The Morgan fingerprint density at radius 3 is 2.00 bits per heavy atom. The van der Waals surface area contributed by atoms with Crippen molar-refractivity contribution >= 4 is 40.9 Å². The van der Waals surface area contributed by atoms with E-state index in [4.69, 9.17) is 11.6 Å². The zero-order valence-corrected chi connectivity index (χ0v) is 18.4. The van der Waals surface area contributed by atoms with E-state index in [1.165, 1.54) is 0 Å². The maximum Gasteiger partial charge on any atom is 0.237 e. The van der Waals surface area contributed by atoms with Gasteiger partial charge in [-0.05, 0) is 37.1 Å². The van der Waals surface area contributed by atoms with E-state index < -0.39 is 12.6 Å². The molecule has 148 valence electrons. The van der Waals surface area contributed by atoms with E-state index >= 15 is 0 Å². The number of benzene rings is 3. The first kappa shape index (κ1) is 19.9. The van der Waals surface area contributed by atoms with Crippen LogP contribution in [0.15, 0.2) is 72.8 Å². The van der Waals surface area contributed by atoms with Crippen molar-refractivity contribution in [1.82, 2.24) is 0 Å². The minimum absolute atomic E-state index is 0.0510. The standard InChI is InChI=1S/C24H23ClNO2P/c1-17-14-18(25)15-21-22(17)26(3)23(27)24(21,2)16-29(28,19-10-6-4-7-11-19)20-12-8-5-9-13-20/h4-15H,16H2,1-3H3. The number of likely N-dealkylation sites (N-methyl/N-ethyl adjacent to an activating group) is 1. The first-order valence-electron chi connectivity index (χ1n) is 9.56. The number of carbonyl (C=O) groups excluding carboxylic acids is 1. The van der Waals surface area contributed by atoms with Crippen LogP contribution >= 0.6 is 18.7 Å². The van der Waals surface area contributed by atoms with Crippen LogP contribution in [0.1, 0.15) is 18.1 Å². The Balaban J connectivity index is 1.93. The Morgan fingerprint density at radius 1 is 0.966 bits per heavy atom. The number of rotatable bonds is 4. The number of anilines is 1. The number of nitrogens with zero attached hydrogens (tertiary/aromatic N) is 1. The van der Waals surface area contributed by atoms with Gasteiger partial charge in [-0.2, -0.15) is 0 Å². The maximum atomic E-state index is 14.6. The molecule has 0 saturated heterocycles. The smallest absolute Gasteiger partial charge is 0.237 e. The summed E-state index contributed by atoms with van der Waals surface area (Å²) in [5, 5.41) is 2.11. The van der Waals surface area contributed by atoms with Crippen LogP contribution < -0.4 is 15.5 Å². The van der Waals surface area contributed by atoms with Gasteiger partial charge >= 0.3 is 0 Å². The van der Waals surface area contributed by atoms with Crippen LogP contribution in [0.4, 0.5) is 5.69 Å². The van der Waals surface area contributed by atoms with Crippen molar-refractivity contribution in [3.63, 3.8) is 0 Å². The van der Waals surface area contributed by atoms with Gasteiger partial charge in [-0.1, -0.05) is 72.3 Å². The van der Waals surface area contributed by atoms with E-state index in [0.29, 0.717) is 5.02 Å². The van der Waals surface area contributed by atoms with Crippen molar-refractivity contribution < 1.29 is 9.36 Å². The largest absolute Gasteiger partial charge is 0.314 e. The predicted octanol–water partition coefficient (Wildman–Crippen LogP) is 4.90. The summed E-state index contributed by atoms with van der Waals surface area (Å²) in [7, 11) is -1.30. The molecule has 3 aromatic rings. The molecule has 0 spiro atoms. The molecule has 3 nitrogen and oxygen atoms in total. The Labute approximate surface area is 176 Å². The molecule has 0 saturated carbocycles. The average molecular weight is 424 g/mol. The van der Waals surface area contributed by atoms with Gasteiger partial charge in [-0.15, -0.1) is 0 Å². The molecule has 1 amide bonds. The molecule has 0 aliphatic carbocycles. The van der Waals surface area contributed by atoms with Gasteiger partial charge < -0.3 is 9.46 Å². The fraction of sp³-hybridized carbons (Fsp3) is 0.208. The summed E-state index contributed by atoms with van der Waals surface area (Å²) in [5.41, 5.74) is 1.74. The van der Waals surface area contributed by atoms with Crippen LogP contribution in [-0.4, -0.2) is 19.1 Å². The second-order valence-corrected chi connectivity index (χ2v) is 11.1. The minimum Gasteiger partial charge on any atom is -0.314 e. The van der Waals surface area contributed by atoms with Gasteiger partial charge in [0.25, 0.3) is 0 Å². The molecule has 3 aromatic carbocycles. The van der Waals surface area contributed by atoms with E-state index in [0.717, 1.165) is 27.4 Å². The van der Waals surface area contributed by atoms with Crippen molar-refractivity contribution in [2.24, 2.45) is 0 Å². The molecule has 1 atom stereocenters. The van der Waals surface area contributed by atoms with Crippen molar-refractivity contribution in [3.8, 4) is 0 Å². The molecule has 1 heterocycles. The summed E-state index contributed by atoms with van der Waals surface area (Å²) in [6.07, 6.45) is 0.212. The summed E-state index contributed by atoms with van der Waals surface area (Å²) >= 11 is 6.36. The van der Waals surface area contributed by atoms with Crippen LogP contribution in [0, 0.1) is 6.92 Å². The first-order chi connectivity index (χ1) is 13.8. The topological polar surface area (TPSA) is 37.4 Å². The molecular formula is C24H23ClNO2P. The zero-order valence-electron chi connectivity index (χ0n) is 16.7. The van der Waals surface area contributed by atoms with Crippen LogP contribution in [-0.2, 0) is 14.8 Å². The van der Waals surface area contributed by atoms with E-state index in [9.17, 15) is 9.36 Å². The molecule has 0 radical (unpaired) electrons. The average Bonchev–Trinajstić information content (AvgIpc) is 2.90. The number of halogens is 1. The third kappa shape index (κ3) is 3.13. The lowest BCUT2D eigenvalue weighted by Crippen LogP contribution is -2.41. The molecule has 1 aliphatic rings. The van der Waals surface area contributed by atoms with Gasteiger partial charge in [-0.25, -0.2) is 0 Å². The molecule has 0 aromatic heterocycles. The zero-order chi connectivity index (χ0) is 20.8. The second-order valence-electron chi connectivity index (χ2n) is 7.88. The molecule has 0 fully saturated rings. The van der Waals surface area contributed by atoms with Gasteiger partial charge in [0, 0.05) is 28.8 Å². The maximum absolute atomic E-state index is 14.6. The minimum atomic E-state index is -3.08. The fourth-order valence-corrected chi connectivity index (χ4v) is 7.90. The molecule has 1 unspecified atom stereocenters. The van der Waals surface area contributed by atoms with Crippen molar-refractivity contribution in [2.45, 2.75) is 19.3 Å². The normalized spacial score (nSPS) is 18.8. The number of amides is 1. The molecule has 0 N–H and O–H groups in total. The number of aryl methyl sites for hydroxylation is 1. The third-order valence-electron chi connectivity index (χ3n) is 5.86. The van der Waals surface area contributed by atoms with Crippen LogP contribution in [0.2, 0.25) is 5.02 Å². The van der Waals surface area contributed by atoms with Gasteiger partial charge in [0.15, 0.2) is 0 Å². The van der Waals surface area contributed by atoms with Crippen molar-refractivity contribution in [1.29, 1.82) is 0 Å². The highest BCUT2D eigenvalue weighted by Gasteiger charge is 2.51. The monoisotopic (exact) mass is 423 g/mol. The lowest BCUT2D eigenvalue weighted by Gasteiger charge is -2.30. The SMILES string of the molecule is Cc1cc(Cl)cc2c1N(C)C(=O)C2(C)CP(=O)(c1ccccc1)c1ccccc1. The van der Waals surface area contributed by atoms with Gasteiger partial charge in [0.2, 0.25) is 5.91 Å². The Bertz CT molecular complexity index is 1090. The molecule has 5 heteroatoms. The highest BCUT2D eigenvalue weighted by molar-refractivity contribution is 7.78. The summed E-state index contributed by atoms with van der Waals surface area (Å²) in [4.78, 5) is 15.1. The van der Waals surface area contributed by atoms with Crippen molar-refractivity contribution in [3.05, 3.63) is 88.9 Å². The summed E-state index contributed by atoms with van der Waals surface area (Å²) in [5.74, 6) is -0.0510. The highest BCUT2D eigenvalue weighted by Crippen LogP contribution is 2.54. The van der Waals surface area contributed by atoms with Gasteiger partial charge in [0.05, 0.1) is 11.1 Å². The van der Waals surface area contributed by atoms with Crippen molar-refractivity contribution in [2.75, 3.05) is 18.1 Å². The number of hydrogen-bond donors (Lipinski definition) is 0. The lowest BCUT2D eigenvalue weighted by atomic mass is 9.85. The van der Waals surface area contributed by atoms with Crippen LogP contribution in [0.3, 0.4) is 0 Å². The summed E-state index contributed by atoms with van der Waals surface area (Å²) in [6.45, 7) is 3.85. The highest BCUT2D eigenvalue weighted by atomic mass is 35.5. The molecule has 0 bridgehead atoms.